The summed E-state index contributed by atoms with van der Waals surface area (Å²) in [5.41, 5.74) is 1.78. The Balaban J connectivity index is 1.25. The van der Waals surface area contributed by atoms with E-state index in [-0.39, 0.29) is 11.6 Å². The van der Waals surface area contributed by atoms with Crippen LogP contribution in [0.3, 0.4) is 0 Å². The van der Waals surface area contributed by atoms with E-state index >= 15 is 0 Å². The normalized spacial score (nSPS) is 25.1. The van der Waals surface area contributed by atoms with Crippen LogP contribution in [-0.4, -0.2) is 39.7 Å². The Morgan fingerprint density at radius 2 is 1.81 bits per heavy atom. The second-order valence-corrected chi connectivity index (χ2v) is 11.0. The predicted molar refractivity (Wildman–Crippen MR) is 122 cm³/mol. The number of aromatic nitrogens is 1. The molecule has 1 aromatic heterocycles. The molecule has 2 saturated heterocycles. The summed E-state index contributed by atoms with van der Waals surface area (Å²) in [5.74, 6) is 1.55. The van der Waals surface area contributed by atoms with Crippen LogP contribution in [0, 0.1) is 11.8 Å². The lowest BCUT2D eigenvalue weighted by atomic mass is 10.0. The number of benzene rings is 1. The molecule has 1 saturated carbocycles. The van der Waals surface area contributed by atoms with E-state index in [4.69, 9.17) is 9.47 Å². The quantitative estimate of drug-likeness (QED) is 0.716. The highest BCUT2D eigenvalue weighted by molar-refractivity contribution is 7.89. The highest BCUT2D eigenvalue weighted by atomic mass is 32.2. The molecule has 2 unspecified atom stereocenters. The minimum Gasteiger partial charge on any atom is -0.356 e. The summed E-state index contributed by atoms with van der Waals surface area (Å²) in [5, 5.41) is 0.0706. The summed E-state index contributed by atoms with van der Waals surface area (Å²) in [6.45, 7) is 5.15. The largest absolute Gasteiger partial charge is 0.356 e. The number of nitrogens with zero attached hydrogens (tertiary/aromatic N) is 2. The first-order chi connectivity index (χ1) is 15.4. The fourth-order valence-corrected chi connectivity index (χ4v) is 6.12. The Kier molecular flexibility index (Phi) is 5.96. The average molecular weight is 458 g/mol. The van der Waals surface area contributed by atoms with Crippen LogP contribution in [0.5, 0.6) is 0 Å². The van der Waals surface area contributed by atoms with Crippen LogP contribution in [0.4, 0.5) is 5.82 Å². The van der Waals surface area contributed by atoms with Gasteiger partial charge in [0, 0.05) is 25.2 Å². The molecule has 3 heterocycles. The van der Waals surface area contributed by atoms with Crippen LogP contribution in [-0.2, 0) is 31.8 Å². The van der Waals surface area contributed by atoms with Gasteiger partial charge >= 0.3 is 0 Å². The third-order valence-corrected chi connectivity index (χ3v) is 8.33. The minimum atomic E-state index is -3.71. The lowest BCUT2D eigenvalue weighted by molar-refractivity contribution is -0.149. The van der Waals surface area contributed by atoms with Gasteiger partial charge in [-0.1, -0.05) is 36.8 Å². The van der Waals surface area contributed by atoms with Crippen molar-refractivity contribution in [1.29, 1.82) is 0 Å². The number of hydrogen-bond donors (Lipinski definition) is 1. The number of pyridine rings is 1. The molecule has 1 aliphatic carbocycles. The molecular formula is C24H31N3O4S. The molecule has 0 amide bonds. The van der Waals surface area contributed by atoms with E-state index in [2.05, 4.69) is 14.6 Å². The van der Waals surface area contributed by atoms with Crippen molar-refractivity contribution >= 4 is 15.8 Å². The Morgan fingerprint density at radius 3 is 2.59 bits per heavy atom. The van der Waals surface area contributed by atoms with Crippen molar-refractivity contribution in [3.8, 4) is 0 Å². The van der Waals surface area contributed by atoms with Gasteiger partial charge < -0.3 is 14.4 Å². The summed E-state index contributed by atoms with van der Waals surface area (Å²) in [6.07, 6.45) is 5.08. The number of hydrogen-bond acceptors (Lipinski definition) is 6. The lowest BCUT2D eigenvalue weighted by Crippen LogP contribution is -2.30. The van der Waals surface area contributed by atoms with Crippen molar-refractivity contribution in [3.05, 3.63) is 53.6 Å². The SMILES string of the molecule is CC1(c2ccc(CNS(=O)(=O)c3cccc(N4CCC5CCC(C5)C4)n3)cc2)OCCO1. The van der Waals surface area contributed by atoms with Gasteiger partial charge in [0.05, 0.1) is 13.2 Å². The van der Waals surface area contributed by atoms with Crippen molar-refractivity contribution < 1.29 is 17.9 Å². The number of ether oxygens (including phenoxy) is 2. The molecule has 0 spiro atoms. The maximum atomic E-state index is 12.9. The van der Waals surface area contributed by atoms with Gasteiger partial charge in [-0.2, -0.15) is 0 Å². The summed E-state index contributed by atoms with van der Waals surface area (Å²) in [6, 6.07) is 12.9. The van der Waals surface area contributed by atoms with Crippen LogP contribution >= 0.6 is 0 Å². The van der Waals surface area contributed by atoms with Gasteiger partial charge in [0.1, 0.15) is 5.82 Å². The van der Waals surface area contributed by atoms with E-state index in [0.29, 0.717) is 19.1 Å². The molecule has 7 nitrogen and oxygen atoms in total. The molecule has 2 aliphatic heterocycles. The Hall–Kier alpha value is -2.00. The first-order valence-electron chi connectivity index (χ1n) is 11.5. The van der Waals surface area contributed by atoms with E-state index < -0.39 is 15.8 Å². The van der Waals surface area contributed by atoms with Gasteiger partial charge in [0.2, 0.25) is 0 Å². The van der Waals surface area contributed by atoms with Crippen LogP contribution in [0.15, 0.2) is 47.5 Å². The van der Waals surface area contributed by atoms with Gasteiger partial charge in [-0.05, 0) is 55.7 Å². The zero-order chi connectivity index (χ0) is 22.2. The second kappa shape index (κ2) is 8.74. The number of rotatable bonds is 6. The maximum Gasteiger partial charge on any atom is 0.258 e. The smallest absolute Gasteiger partial charge is 0.258 e. The molecule has 32 heavy (non-hydrogen) atoms. The Bertz CT molecular complexity index is 1050. The van der Waals surface area contributed by atoms with Gasteiger partial charge in [-0.3, -0.25) is 0 Å². The summed E-state index contributed by atoms with van der Waals surface area (Å²) in [4.78, 5) is 6.78. The van der Waals surface area contributed by atoms with E-state index in [1.807, 2.05) is 37.3 Å². The lowest BCUT2D eigenvalue weighted by Gasteiger charge is -2.26. The van der Waals surface area contributed by atoms with Gasteiger partial charge in [-0.25, -0.2) is 18.1 Å². The van der Waals surface area contributed by atoms with E-state index in [1.165, 1.54) is 25.7 Å². The minimum absolute atomic E-state index is 0.0706. The molecule has 3 aliphatic rings. The Morgan fingerprint density at radius 1 is 1.06 bits per heavy atom. The fourth-order valence-electron chi connectivity index (χ4n) is 5.14. The molecular weight excluding hydrogens is 426 g/mol. The molecule has 0 radical (unpaired) electrons. The van der Waals surface area contributed by atoms with Crippen LogP contribution in [0.25, 0.3) is 0 Å². The number of sulfonamides is 1. The highest BCUT2D eigenvalue weighted by Crippen LogP contribution is 2.37. The monoisotopic (exact) mass is 457 g/mol. The average Bonchev–Trinajstić information content (AvgIpc) is 3.38. The molecule has 2 aromatic rings. The molecule has 1 aromatic carbocycles. The van der Waals surface area contributed by atoms with E-state index in [9.17, 15) is 8.42 Å². The zero-order valence-electron chi connectivity index (χ0n) is 18.5. The number of nitrogens with one attached hydrogen (secondary N) is 1. The summed E-state index contributed by atoms with van der Waals surface area (Å²) >= 11 is 0. The maximum absolute atomic E-state index is 12.9. The van der Waals surface area contributed by atoms with Crippen molar-refractivity contribution in [2.75, 3.05) is 31.2 Å². The molecule has 172 valence electrons. The fraction of sp³-hybridized carbons (Fsp3) is 0.542. The standard InChI is InChI=1S/C24H31N3O4S/c1-24(30-13-14-31-24)21-9-7-19(8-10-21)16-25-32(28,29)23-4-2-3-22(26-23)27-12-11-18-5-6-20(15-18)17-27/h2-4,7-10,18,20,25H,5-6,11-17H2,1H3. The van der Waals surface area contributed by atoms with Gasteiger partial charge in [0.25, 0.3) is 10.0 Å². The topological polar surface area (TPSA) is 80.8 Å². The molecule has 1 N–H and O–H groups in total. The predicted octanol–water partition coefficient (Wildman–Crippen LogP) is 3.41. The summed E-state index contributed by atoms with van der Waals surface area (Å²) < 4.78 is 39.9. The van der Waals surface area contributed by atoms with Crippen LogP contribution in [0.1, 0.15) is 43.7 Å². The van der Waals surface area contributed by atoms with Crippen LogP contribution in [0.2, 0.25) is 0 Å². The zero-order valence-corrected chi connectivity index (χ0v) is 19.3. The van der Waals surface area contributed by atoms with Crippen molar-refractivity contribution in [2.45, 2.75) is 50.0 Å². The molecule has 8 heteroatoms. The molecule has 3 fully saturated rings. The first kappa shape index (κ1) is 21.8. The van der Waals surface area contributed by atoms with Crippen molar-refractivity contribution in [3.63, 3.8) is 0 Å². The first-order valence-corrected chi connectivity index (χ1v) is 13.0. The molecule has 2 atom stereocenters. The van der Waals surface area contributed by atoms with Gasteiger partial charge in [0.15, 0.2) is 10.8 Å². The van der Waals surface area contributed by atoms with Crippen molar-refractivity contribution in [2.24, 2.45) is 11.8 Å². The van der Waals surface area contributed by atoms with Crippen molar-refractivity contribution in [1.82, 2.24) is 9.71 Å². The number of anilines is 1. The van der Waals surface area contributed by atoms with E-state index in [1.54, 1.807) is 12.1 Å². The Labute approximate surface area is 190 Å². The van der Waals surface area contributed by atoms with Gasteiger partial charge in [-0.15, -0.1) is 0 Å². The highest BCUT2D eigenvalue weighted by Gasteiger charge is 2.33. The number of fused-ring (bicyclic) bond motifs is 2. The molecule has 2 bridgehead atoms. The molecule has 5 rings (SSSR count). The third kappa shape index (κ3) is 4.55. The van der Waals surface area contributed by atoms with E-state index in [0.717, 1.165) is 36.0 Å². The summed E-state index contributed by atoms with van der Waals surface area (Å²) in [7, 11) is -3.71. The van der Waals surface area contributed by atoms with Crippen LogP contribution < -0.4 is 9.62 Å². The third-order valence-electron chi connectivity index (χ3n) is 7.03. The second-order valence-electron chi connectivity index (χ2n) is 9.28.